The predicted molar refractivity (Wildman–Crippen MR) is 77.0 cm³/mol. The van der Waals surface area contributed by atoms with Crippen LogP contribution in [0.5, 0.6) is 0 Å². The van der Waals surface area contributed by atoms with Crippen molar-refractivity contribution in [3.05, 3.63) is 0 Å². The molecule has 5 nitrogen and oxygen atoms in total. The molecule has 0 spiro atoms. The maximum Gasteiger partial charge on any atom is 0.237 e. The van der Waals surface area contributed by atoms with Crippen LogP contribution in [0.25, 0.3) is 0 Å². The molecule has 0 aromatic carbocycles. The van der Waals surface area contributed by atoms with E-state index in [1.54, 1.807) is 14.2 Å². The van der Waals surface area contributed by atoms with Gasteiger partial charge in [0.2, 0.25) is 5.91 Å². The zero-order valence-electron chi connectivity index (χ0n) is 12.6. The predicted octanol–water partition coefficient (Wildman–Crippen LogP) is 0.731. The SMILES string of the molecule is CNC(C)(CCCCN(CCOC)C1CC1)C(N)=O. The first-order valence-corrected chi connectivity index (χ1v) is 7.25. The van der Waals surface area contributed by atoms with Crippen molar-refractivity contribution in [3.63, 3.8) is 0 Å². The van der Waals surface area contributed by atoms with E-state index in [1.807, 2.05) is 6.92 Å². The standard InChI is InChI=1S/C14H29N3O2/c1-14(16-2,13(15)18)8-4-5-9-17(10-11-19-3)12-6-7-12/h12,16H,4-11H2,1-3H3,(H2,15,18). The van der Waals surface area contributed by atoms with Crippen molar-refractivity contribution >= 4 is 5.91 Å². The van der Waals surface area contributed by atoms with Gasteiger partial charge >= 0.3 is 0 Å². The third kappa shape index (κ3) is 5.47. The van der Waals surface area contributed by atoms with E-state index < -0.39 is 5.54 Å². The van der Waals surface area contributed by atoms with Crippen LogP contribution in [0.1, 0.15) is 39.0 Å². The Bertz CT molecular complexity index is 282. The Morgan fingerprint density at radius 2 is 2.11 bits per heavy atom. The maximum absolute atomic E-state index is 11.4. The molecular weight excluding hydrogens is 242 g/mol. The molecule has 1 aliphatic carbocycles. The summed E-state index contributed by atoms with van der Waals surface area (Å²) >= 11 is 0. The van der Waals surface area contributed by atoms with Crippen LogP contribution in [0, 0.1) is 0 Å². The van der Waals surface area contributed by atoms with Crippen LogP contribution < -0.4 is 11.1 Å². The number of methoxy groups -OCH3 is 1. The number of nitrogens with zero attached hydrogens (tertiary/aromatic N) is 1. The van der Waals surface area contributed by atoms with Crippen molar-refractivity contribution in [1.29, 1.82) is 0 Å². The summed E-state index contributed by atoms with van der Waals surface area (Å²) in [7, 11) is 3.54. The van der Waals surface area contributed by atoms with E-state index in [9.17, 15) is 4.79 Å². The Hall–Kier alpha value is -0.650. The Balaban J connectivity index is 2.22. The summed E-state index contributed by atoms with van der Waals surface area (Å²) in [5.74, 6) is -0.270. The van der Waals surface area contributed by atoms with E-state index in [0.29, 0.717) is 0 Å². The summed E-state index contributed by atoms with van der Waals surface area (Å²) < 4.78 is 5.15. The second-order valence-corrected chi connectivity index (χ2v) is 5.66. The van der Waals surface area contributed by atoms with Gasteiger partial charge in [0, 0.05) is 19.7 Å². The van der Waals surface area contributed by atoms with Gasteiger partial charge < -0.3 is 15.8 Å². The number of amides is 1. The van der Waals surface area contributed by atoms with Gasteiger partial charge in [-0.05, 0) is 52.6 Å². The highest BCUT2D eigenvalue weighted by atomic mass is 16.5. The molecule has 19 heavy (non-hydrogen) atoms. The number of nitrogens with one attached hydrogen (secondary N) is 1. The van der Waals surface area contributed by atoms with Crippen LogP contribution in [-0.4, -0.2) is 56.2 Å². The average Bonchev–Trinajstić information content (AvgIpc) is 3.21. The lowest BCUT2D eigenvalue weighted by molar-refractivity contribution is -0.123. The largest absolute Gasteiger partial charge is 0.383 e. The second kappa shape index (κ2) is 7.82. The summed E-state index contributed by atoms with van der Waals surface area (Å²) in [5.41, 5.74) is 4.85. The third-order valence-corrected chi connectivity index (χ3v) is 4.11. The number of likely N-dealkylation sites (N-methyl/N-ethyl adjacent to an activating group) is 1. The highest BCUT2D eigenvalue weighted by molar-refractivity contribution is 5.84. The van der Waals surface area contributed by atoms with Gasteiger partial charge in [-0.1, -0.05) is 0 Å². The van der Waals surface area contributed by atoms with Gasteiger partial charge in [0.05, 0.1) is 12.1 Å². The number of rotatable bonds is 11. The fourth-order valence-electron chi connectivity index (χ4n) is 2.29. The van der Waals surface area contributed by atoms with Crippen molar-refractivity contribution in [2.45, 2.75) is 50.6 Å². The molecule has 1 aliphatic rings. The lowest BCUT2D eigenvalue weighted by atomic mass is 9.94. The quantitative estimate of drug-likeness (QED) is 0.544. The van der Waals surface area contributed by atoms with Crippen LogP contribution in [0.3, 0.4) is 0 Å². The zero-order chi connectivity index (χ0) is 14.3. The fraction of sp³-hybridized carbons (Fsp3) is 0.929. The van der Waals surface area contributed by atoms with Gasteiger partial charge in [0.1, 0.15) is 0 Å². The smallest absolute Gasteiger partial charge is 0.237 e. The Labute approximate surface area is 116 Å². The summed E-state index contributed by atoms with van der Waals surface area (Å²) in [6, 6.07) is 0.766. The molecular formula is C14H29N3O2. The summed E-state index contributed by atoms with van der Waals surface area (Å²) in [5, 5.41) is 3.03. The molecule has 1 amide bonds. The lowest BCUT2D eigenvalue weighted by Crippen LogP contribution is -2.51. The molecule has 0 bridgehead atoms. The van der Waals surface area contributed by atoms with Crippen molar-refractivity contribution < 1.29 is 9.53 Å². The minimum atomic E-state index is -0.572. The third-order valence-electron chi connectivity index (χ3n) is 4.11. The first-order chi connectivity index (χ1) is 9.03. The molecule has 0 saturated heterocycles. The van der Waals surface area contributed by atoms with Crippen molar-refractivity contribution in [1.82, 2.24) is 10.2 Å². The summed E-state index contributed by atoms with van der Waals surface area (Å²) in [6.07, 6.45) is 5.54. The maximum atomic E-state index is 11.4. The van der Waals surface area contributed by atoms with Gasteiger partial charge in [-0.25, -0.2) is 0 Å². The van der Waals surface area contributed by atoms with E-state index in [1.165, 1.54) is 12.8 Å². The molecule has 112 valence electrons. The zero-order valence-corrected chi connectivity index (χ0v) is 12.6. The molecule has 1 atom stereocenters. The van der Waals surface area contributed by atoms with E-state index in [-0.39, 0.29) is 5.91 Å². The highest BCUT2D eigenvalue weighted by Crippen LogP contribution is 2.27. The topological polar surface area (TPSA) is 67.6 Å². The first-order valence-electron chi connectivity index (χ1n) is 7.25. The highest BCUT2D eigenvalue weighted by Gasteiger charge is 2.30. The van der Waals surface area contributed by atoms with Gasteiger partial charge in [-0.2, -0.15) is 0 Å². The van der Waals surface area contributed by atoms with Gasteiger partial charge in [-0.3, -0.25) is 9.69 Å². The van der Waals surface area contributed by atoms with Gasteiger partial charge in [0.25, 0.3) is 0 Å². The normalized spacial score (nSPS) is 18.5. The van der Waals surface area contributed by atoms with Crippen LogP contribution in [0.15, 0.2) is 0 Å². The average molecular weight is 271 g/mol. The van der Waals surface area contributed by atoms with Crippen LogP contribution in [-0.2, 0) is 9.53 Å². The molecule has 1 saturated carbocycles. The van der Waals surface area contributed by atoms with Crippen molar-refractivity contribution in [2.75, 3.05) is 33.9 Å². The van der Waals surface area contributed by atoms with E-state index >= 15 is 0 Å². The number of carbonyl (C=O) groups excluding carboxylic acids is 1. The minimum Gasteiger partial charge on any atom is -0.383 e. The number of primary amides is 1. The van der Waals surface area contributed by atoms with Crippen LogP contribution in [0.2, 0.25) is 0 Å². The second-order valence-electron chi connectivity index (χ2n) is 5.66. The minimum absolute atomic E-state index is 0.270. The molecule has 5 heteroatoms. The number of ether oxygens (including phenoxy) is 1. The van der Waals surface area contributed by atoms with E-state index in [0.717, 1.165) is 45.0 Å². The fourth-order valence-corrected chi connectivity index (χ4v) is 2.29. The van der Waals surface area contributed by atoms with Gasteiger partial charge in [-0.15, -0.1) is 0 Å². The molecule has 1 unspecified atom stereocenters. The molecule has 0 heterocycles. The molecule has 0 aromatic rings. The molecule has 0 aromatic heterocycles. The number of nitrogens with two attached hydrogens (primary N) is 1. The number of carbonyl (C=O) groups is 1. The summed E-state index contributed by atoms with van der Waals surface area (Å²) in [4.78, 5) is 13.9. The number of hydrogen-bond acceptors (Lipinski definition) is 4. The van der Waals surface area contributed by atoms with Crippen LogP contribution >= 0.6 is 0 Å². The first kappa shape index (κ1) is 16.4. The number of unbranched alkanes of at least 4 members (excludes halogenated alkanes) is 1. The molecule has 0 aliphatic heterocycles. The Morgan fingerprint density at radius 1 is 1.42 bits per heavy atom. The lowest BCUT2D eigenvalue weighted by Gasteiger charge is -2.26. The molecule has 3 N–H and O–H groups in total. The van der Waals surface area contributed by atoms with Gasteiger partial charge in [0.15, 0.2) is 0 Å². The Kier molecular flexibility index (Phi) is 6.75. The van der Waals surface area contributed by atoms with Crippen LogP contribution in [0.4, 0.5) is 0 Å². The molecule has 0 radical (unpaired) electrons. The van der Waals surface area contributed by atoms with E-state index in [4.69, 9.17) is 10.5 Å². The summed E-state index contributed by atoms with van der Waals surface area (Å²) in [6.45, 7) is 4.78. The Morgan fingerprint density at radius 3 is 2.58 bits per heavy atom. The van der Waals surface area contributed by atoms with Crippen molar-refractivity contribution in [3.8, 4) is 0 Å². The molecule has 1 rings (SSSR count). The van der Waals surface area contributed by atoms with E-state index in [2.05, 4.69) is 10.2 Å². The van der Waals surface area contributed by atoms with Crippen molar-refractivity contribution in [2.24, 2.45) is 5.73 Å². The monoisotopic (exact) mass is 271 g/mol. The number of hydrogen-bond donors (Lipinski definition) is 2. The molecule has 1 fully saturated rings.